The number of amides is 1. The van der Waals surface area contributed by atoms with E-state index in [1.807, 2.05) is 6.07 Å². The topological polar surface area (TPSA) is 50.8 Å². The summed E-state index contributed by atoms with van der Waals surface area (Å²) in [5.41, 5.74) is 0.0307. The van der Waals surface area contributed by atoms with Crippen molar-refractivity contribution >= 4 is 18.3 Å². The molecular formula is C21H32ClFN2O3. The van der Waals surface area contributed by atoms with E-state index in [1.165, 1.54) is 12.1 Å². The molecule has 2 heterocycles. The molecule has 1 atom stereocenters. The fraction of sp³-hybridized carbons (Fsp3) is 0.667. The van der Waals surface area contributed by atoms with Crippen LogP contribution in [0.3, 0.4) is 0 Å². The molecule has 1 aromatic carbocycles. The molecule has 7 heteroatoms. The molecular weight excluding hydrogens is 383 g/mol. The fourth-order valence-corrected chi connectivity index (χ4v) is 4.21. The summed E-state index contributed by atoms with van der Waals surface area (Å²) in [5, 5.41) is 3.19. The van der Waals surface area contributed by atoms with Gasteiger partial charge in [0.2, 0.25) is 5.91 Å². The van der Waals surface area contributed by atoms with Crippen LogP contribution in [0, 0.1) is 11.7 Å². The van der Waals surface area contributed by atoms with Crippen LogP contribution in [-0.4, -0.2) is 62.9 Å². The molecule has 2 fully saturated rings. The van der Waals surface area contributed by atoms with Gasteiger partial charge in [0.1, 0.15) is 5.82 Å². The van der Waals surface area contributed by atoms with Crippen molar-refractivity contribution in [2.24, 2.45) is 5.92 Å². The Balaban J connectivity index is 0.00000280. The number of nitrogens with one attached hydrogen (secondary N) is 1. The lowest BCUT2D eigenvalue weighted by molar-refractivity contribution is -0.131. The standard InChI is InChI=1S/C21H31FN2O3.ClH/c1-16(2)19(24-8-12-27-13-9-24)15-23-20(25)21(6-10-26-11-7-21)17-4-3-5-18(22)14-17;/h3-5,14,16,19H,6-13,15H2,1-2H3,(H,23,25);1H. The number of nitrogens with zero attached hydrogens (tertiary/aromatic N) is 1. The highest BCUT2D eigenvalue weighted by Gasteiger charge is 2.42. The van der Waals surface area contributed by atoms with Gasteiger partial charge in [0, 0.05) is 38.9 Å². The van der Waals surface area contributed by atoms with Gasteiger partial charge in [-0.25, -0.2) is 4.39 Å². The minimum atomic E-state index is -0.715. The number of carbonyl (C=O) groups is 1. The van der Waals surface area contributed by atoms with Crippen LogP contribution in [0.2, 0.25) is 0 Å². The van der Waals surface area contributed by atoms with Gasteiger partial charge < -0.3 is 14.8 Å². The molecule has 2 saturated heterocycles. The summed E-state index contributed by atoms with van der Waals surface area (Å²) >= 11 is 0. The predicted molar refractivity (Wildman–Crippen MR) is 109 cm³/mol. The van der Waals surface area contributed by atoms with E-state index in [1.54, 1.807) is 6.07 Å². The molecule has 0 saturated carbocycles. The van der Waals surface area contributed by atoms with Gasteiger partial charge in [-0.05, 0) is 36.5 Å². The van der Waals surface area contributed by atoms with Gasteiger partial charge in [-0.2, -0.15) is 0 Å². The Morgan fingerprint density at radius 2 is 1.82 bits per heavy atom. The van der Waals surface area contributed by atoms with Gasteiger partial charge in [-0.15, -0.1) is 12.4 Å². The summed E-state index contributed by atoms with van der Waals surface area (Å²) in [6.45, 7) is 9.25. The third-order valence-corrected chi connectivity index (χ3v) is 5.91. The molecule has 0 aromatic heterocycles. The van der Waals surface area contributed by atoms with Crippen molar-refractivity contribution < 1.29 is 18.7 Å². The number of halogens is 2. The SMILES string of the molecule is CC(C)C(CNC(=O)C1(c2cccc(F)c2)CCOCC1)N1CCOCC1.Cl. The van der Waals surface area contributed by atoms with Crippen molar-refractivity contribution in [3.8, 4) is 0 Å². The van der Waals surface area contributed by atoms with Gasteiger partial charge in [0.05, 0.1) is 18.6 Å². The molecule has 2 aliphatic heterocycles. The van der Waals surface area contributed by atoms with E-state index < -0.39 is 5.41 Å². The lowest BCUT2D eigenvalue weighted by Gasteiger charge is -2.39. The lowest BCUT2D eigenvalue weighted by Crippen LogP contribution is -2.54. The molecule has 5 nitrogen and oxygen atoms in total. The van der Waals surface area contributed by atoms with Crippen LogP contribution in [0.4, 0.5) is 4.39 Å². The first-order valence-electron chi connectivity index (χ1n) is 9.97. The van der Waals surface area contributed by atoms with Gasteiger partial charge >= 0.3 is 0 Å². The molecule has 2 aliphatic rings. The summed E-state index contributed by atoms with van der Waals surface area (Å²) in [4.78, 5) is 15.7. The van der Waals surface area contributed by atoms with Crippen LogP contribution < -0.4 is 5.32 Å². The summed E-state index contributed by atoms with van der Waals surface area (Å²) in [5.74, 6) is 0.0954. The first kappa shape index (κ1) is 23.1. The number of hydrogen-bond donors (Lipinski definition) is 1. The normalized spacial score (nSPS) is 21.0. The highest BCUT2D eigenvalue weighted by molar-refractivity contribution is 5.88. The predicted octanol–water partition coefficient (Wildman–Crippen LogP) is 2.77. The second-order valence-electron chi connectivity index (χ2n) is 7.87. The van der Waals surface area contributed by atoms with Crippen molar-refractivity contribution in [1.29, 1.82) is 0 Å². The molecule has 0 bridgehead atoms. The monoisotopic (exact) mass is 414 g/mol. The molecule has 3 rings (SSSR count). The molecule has 28 heavy (non-hydrogen) atoms. The van der Waals surface area contributed by atoms with Gasteiger partial charge in [-0.1, -0.05) is 26.0 Å². The highest BCUT2D eigenvalue weighted by Crippen LogP contribution is 2.35. The largest absolute Gasteiger partial charge is 0.381 e. The Morgan fingerprint density at radius 1 is 1.18 bits per heavy atom. The van der Waals surface area contributed by atoms with Crippen molar-refractivity contribution in [3.05, 3.63) is 35.6 Å². The van der Waals surface area contributed by atoms with E-state index in [4.69, 9.17) is 9.47 Å². The van der Waals surface area contributed by atoms with E-state index >= 15 is 0 Å². The highest BCUT2D eigenvalue weighted by atomic mass is 35.5. The summed E-state index contributed by atoms with van der Waals surface area (Å²) in [6.07, 6.45) is 1.15. The minimum absolute atomic E-state index is 0. The second kappa shape index (κ2) is 10.5. The first-order valence-corrected chi connectivity index (χ1v) is 9.97. The Morgan fingerprint density at radius 3 is 2.43 bits per heavy atom. The van der Waals surface area contributed by atoms with Crippen LogP contribution in [0.5, 0.6) is 0 Å². The smallest absolute Gasteiger partial charge is 0.230 e. The van der Waals surface area contributed by atoms with E-state index in [2.05, 4.69) is 24.1 Å². The zero-order valence-electron chi connectivity index (χ0n) is 16.8. The maximum absolute atomic E-state index is 13.8. The number of benzene rings is 1. The number of hydrogen-bond acceptors (Lipinski definition) is 4. The molecule has 1 aromatic rings. The number of morpholine rings is 1. The van der Waals surface area contributed by atoms with E-state index in [0.29, 0.717) is 38.5 Å². The molecule has 1 amide bonds. The maximum atomic E-state index is 13.8. The third kappa shape index (κ3) is 5.23. The summed E-state index contributed by atoms with van der Waals surface area (Å²) in [7, 11) is 0. The Bertz CT molecular complexity index is 632. The van der Waals surface area contributed by atoms with Crippen LogP contribution in [0.15, 0.2) is 24.3 Å². The summed E-state index contributed by atoms with van der Waals surface area (Å²) in [6, 6.07) is 6.71. The van der Waals surface area contributed by atoms with E-state index in [9.17, 15) is 9.18 Å². The Labute approximate surface area is 173 Å². The van der Waals surface area contributed by atoms with Gasteiger partial charge in [-0.3, -0.25) is 9.69 Å². The molecule has 0 aliphatic carbocycles. The number of carbonyl (C=O) groups excluding carboxylic acids is 1. The molecule has 158 valence electrons. The zero-order chi connectivity index (χ0) is 19.3. The maximum Gasteiger partial charge on any atom is 0.230 e. The zero-order valence-corrected chi connectivity index (χ0v) is 17.6. The molecule has 0 radical (unpaired) electrons. The van der Waals surface area contributed by atoms with Crippen LogP contribution in [0.1, 0.15) is 32.3 Å². The third-order valence-electron chi connectivity index (χ3n) is 5.91. The van der Waals surface area contributed by atoms with Crippen LogP contribution >= 0.6 is 12.4 Å². The van der Waals surface area contributed by atoms with Gasteiger partial charge in [0.15, 0.2) is 0 Å². The van der Waals surface area contributed by atoms with Crippen molar-refractivity contribution in [1.82, 2.24) is 10.2 Å². The van der Waals surface area contributed by atoms with Crippen molar-refractivity contribution in [2.45, 2.75) is 38.1 Å². The number of ether oxygens (including phenoxy) is 2. The van der Waals surface area contributed by atoms with E-state index in [-0.39, 0.29) is 30.2 Å². The average molecular weight is 415 g/mol. The molecule has 1 N–H and O–H groups in total. The number of rotatable bonds is 6. The van der Waals surface area contributed by atoms with Crippen molar-refractivity contribution in [3.63, 3.8) is 0 Å². The molecule has 1 unspecified atom stereocenters. The van der Waals surface area contributed by atoms with Crippen molar-refractivity contribution in [2.75, 3.05) is 46.1 Å². The first-order chi connectivity index (χ1) is 13.0. The molecule has 0 spiro atoms. The van der Waals surface area contributed by atoms with E-state index in [0.717, 1.165) is 31.9 Å². The van der Waals surface area contributed by atoms with Crippen LogP contribution in [0.25, 0.3) is 0 Å². The Hall–Kier alpha value is -1.21. The fourth-order valence-electron chi connectivity index (χ4n) is 4.21. The van der Waals surface area contributed by atoms with Crippen LogP contribution in [-0.2, 0) is 19.7 Å². The van der Waals surface area contributed by atoms with Gasteiger partial charge in [0.25, 0.3) is 0 Å². The minimum Gasteiger partial charge on any atom is -0.381 e. The quantitative estimate of drug-likeness (QED) is 0.777. The summed E-state index contributed by atoms with van der Waals surface area (Å²) < 4.78 is 24.8. The Kier molecular flexibility index (Phi) is 8.68. The second-order valence-corrected chi connectivity index (χ2v) is 7.87. The lowest BCUT2D eigenvalue weighted by atomic mass is 9.73. The average Bonchev–Trinajstić information content (AvgIpc) is 2.69.